The molecule has 2 atom stereocenters. The fraction of sp³-hybridized carbons (Fsp3) is 0.480. The third-order valence-corrected chi connectivity index (χ3v) is 6.84. The van der Waals surface area contributed by atoms with Crippen molar-refractivity contribution in [2.45, 2.75) is 44.1 Å². The number of carbonyl (C=O) groups excluding carboxylic acids is 1. The van der Waals surface area contributed by atoms with Gasteiger partial charge in [0.15, 0.2) is 0 Å². The van der Waals surface area contributed by atoms with Crippen LogP contribution in [0.5, 0.6) is 0 Å². The van der Waals surface area contributed by atoms with Gasteiger partial charge in [0.1, 0.15) is 0 Å². The first kappa shape index (κ1) is 18.8. The van der Waals surface area contributed by atoms with E-state index in [0.29, 0.717) is 18.4 Å². The van der Waals surface area contributed by atoms with Crippen molar-refractivity contribution in [2.75, 3.05) is 31.1 Å². The standard InChI is InChI=1S/C25H31N3O/c29-25(14-18-4-2-1-3-5-18)28-13-10-21-15-20(6-7-24(21)28)22-16-23(22)27-17-19-8-11-26-12-9-19/h1-7,15,19,22-23,26-27H,8-14,16-17H2/t22-,23+/m0/s1. The first-order chi connectivity index (χ1) is 14.3. The van der Waals surface area contributed by atoms with Crippen molar-refractivity contribution in [1.29, 1.82) is 0 Å². The number of carbonyl (C=O) groups is 1. The van der Waals surface area contributed by atoms with Crippen molar-refractivity contribution < 1.29 is 4.79 Å². The molecule has 2 aromatic carbocycles. The van der Waals surface area contributed by atoms with Crippen LogP contribution in [-0.2, 0) is 17.6 Å². The Labute approximate surface area is 173 Å². The third kappa shape index (κ3) is 4.24. The molecule has 4 nitrogen and oxygen atoms in total. The molecule has 5 rings (SSSR count). The van der Waals surface area contributed by atoms with Gasteiger partial charge in [-0.1, -0.05) is 42.5 Å². The second-order valence-corrected chi connectivity index (χ2v) is 8.90. The summed E-state index contributed by atoms with van der Waals surface area (Å²) in [4.78, 5) is 14.8. The first-order valence-corrected chi connectivity index (χ1v) is 11.2. The highest BCUT2D eigenvalue weighted by Gasteiger charge is 2.39. The van der Waals surface area contributed by atoms with Crippen LogP contribution in [0.15, 0.2) is 48.5 Å². The largest absolute Gasteiger partial charge is 0.317 e. The van der Waals surface area contributed by atoms with Crippen LogP contribution in [0, 0.1) is 5.92 Å². The topological polar surface area (TPSA) is 44.4 Å². The van der Waals surface area contributed by atoms with E-state index < -0.39 is 0 Å². The van der Waals surface area contributed by atoms with Gasteiger partial charge in [0.25, 0.3) is 0 Å². The van der Waals surface area contributed by atoms with Crippen LogP contribution in [0.3, 0.4) is 0 Å². The minimum Gasteiger partial charge on any atom is -0.317 e. The molecule has 3 aliphatic rings. The van der Waals surface area contributed by atoms with Crippen LogP contribution >= 0.6 is 0 Å². The summed E-state index contributed by atoms with van der Waals surface area (Å²) in [5.41, 5.74) is 4.99. The van der Waals surface area contributed by atoms with Gasteiger partial charge in [-0.2, -0.15) is 0 Å². The maximum Gasteiger partial charge on any atom is 0.231 e. The van der Waals surface area contributed by atoms with Crippen molar-refractivity contribution in [3.8, 4) is 0 Å². The molecule has 29 heavy (non-hydrogen) atoms. The van der Waals surface area contributed by atoms with Gasteiger partial charge < -0.3 is 15.5 Å². The molecule has 1 saturated heterocycles. The van der Waals surface area contributed by atoms with E-state index in [1.54, 1.807) is 0 Å². The van der Waals surface area contributed by atoms with Crippen molar-refractivity contribution in [3.63, 3.8) is 0 Å². The van der Waals surface area contributed by atoms with Crippen LogP contribution in [0.2, 0.25) is 0 Å². The number of amides is 1. The van der Waals surface area contributed by atoms with E-state index in [2.05, 4.69) is 28.8 Å². The maximum atomic E-state index is 12.8. The number of nitrogens with zero attached hydrogens (tertiary/aromatic N) is 1. The predicted molar refractivity (Wildman–Crippen MR) is 117 cm³/mol. The number of fused-ring (bicyclic) bond motifs is 1. The predicted octanol–water partition coefficient (Wildman–Crippen LogP) is 3.26. The van der Waals surface area contributed by atoms with Crippen molar-refractivity contribution in [2.24, 2.45) is 5.92 Å². The van der Waals surface area contributed by atoms with Gasteiger partial charge in [0.05, 0.1) is 6.42 Å². The average molecular weight is 390 g/mol. The molecular formula is C25H31N3O. The number of benzene rings is 2. The number of rotatable bonds is 6. The molecule has 0 spiro atoms. The normalized spacial score (nSPS) is 23.8. The van der Waals surface area contributed by atoms with Gasteiger partial charge in [-0.05, 0) is 74.0 Å². The minimum atomic E-state index is 0.204. The van der Waals surface area contributed by atoms with E-state index in [4.69, 9.17) is 0 Å². The fourth-order valence-corrected chi connectivity index (χ4v) is 4.97. The zero-order valence-electron chi connectivity index (χ0n) is 17.1. The molecule has 1 saturated carbocycles. The second-order valence-electron chi connectivity index (χ2n) is 8.90. The summed E-state index contributed by atoms with van der Waals surface area (Å²) in [5.74, 6) is 1.69. The Balaban J connectivity index is 1.18. The highest BCUT2D eigenvalue weighted by Crippen LogP contribution is 2.43. The lowest BCUT2D eigenvalue weighted by Crippen LogP contribution is -2.34. The highest BCUT2D eigenvalue weighted by molar-refractivity contribution is 5.96. The van der Waals surface area contributed by atoms with E-state index in [-0.39, 0.29) is 5.91 Å². The Morgan fingerprint density at radius 1 is 1.10 bits per heavy atom. The maximum absolute atomic E-state index is 12.8. The molecule has 2 aliphatic heterocycles. The van der Waals surface area contributed by atoms with Gasteiger partial charge >= 0.3 is 0 Å². The summed E-state index contributed by atoms with van der Waals surface area (Å²) in [6.45, 7) is 4.32. The van der Waals surface area contributed by atoms with E-state index in [0.717, 1.165) is 36.7 Å². The Bertz CT molecular complexity index is 860. The van der Waals surface area contributed by atoms with Crippen LogP contribution < -0.4 is 15.5 Å². The monoisotopic (exact) mass is 389 g/mol. The number of nitrogens with one attached hydrogen (secondary N) is 2. The summed E-state index contributed by atoms with van der Waals surface area (Å²) >= 11 is 0. The SMILES string of the molecule is O=C(Cc1ccccc1)N1CCc2cc([C@@H]3C[C@H]3NCC3CCNCC3)ccc21. The number of hydrogen-bond donors (Lipinski definition) is 2. The number of piperidine rings is 1. The van der Waals surface area contributed by atoms with Crippen molar-refractivity contribution in [1.82, 2.24) is 10.6 Å². The van der Waals surface area contributed by atoms with E-state index >= 15 is 0 Å². The molecule has 2 aromatic rings. The summed E-state index contributed by atoms with van der Waals surface area (Å²) in [6, 6.07) is 17.5. The highest BCUT2D eigenvalue weighted by atomic mass is 16.2. The van der Waals surface area contributed by atoms with Crippen LogP contribution in [0.4, 0.5) is 5.69 Å². The molecule has 1 amide bonds. The molecule has 152 valence electrons. The lowest BCUT2D eigenvalue weighted by atomic mass is 9.98. The zero-order chi connectivity index (χ0) is 19.6. The average Bonchev–Trinajstić information content (AvgIpc) is 3.42. The molecule has 2 fully saturated rings. The lowest BCUT2D eigenvalue weighted by molar-refractivity contribution is -0.117. The van der Waals surface area contributed by atoms with Gasteiger partial charge in [-0.15, -0.1) is 0 Å². The van der Waals surface area contributed by atoms with Gasteiger partial charge in [-0.3, -0.25) is 4.79 Å². The second kappa shape index (κ2) is 8.29. The molecule has 0 aromatic heterocycles. The van der Waals surface area contributed by atoms with Gasteiger partial charge in [0, 0.05) is 24.2 Å². The van der Waals surface area contributed by atoms with Crippen molar-refractivity contribution >= 4 is 11.6 Å². The van der Waals surface area contributed by atoms with Gasteiger partial charge in [0.2, 0.25) is 5.91 Å². The van der Waals surface area contributed by atoms with Gasteiger partial charge in [-0.25, -0.2) is 0 Å². The van der Waals surface area contributed by atoms with Crippen LogP contribution in [0.1, 0.15) is 41.9 Å². The minimum absolute atomic E-state index is 0.204. The molecule has 4 heteroatoms. The van der Waals surface area contributed by atoms with E-state index in [1.807, 2.05) is 35.2 Å². The zero-order valence-corrected chi connectivity index (χ0v) is 17.1. The number of hydrogen-bond acceptors (Lipinski definition) is 3. The Kier molecular flexibility index (Phi) is 5.38. The Morgan fingerprint density at radius 2 is 1.93 bits per heavy atom. The van der Waals surface area contributed by atoms with Crippen molar-refractivity contribution in [3.05, 3.63) is 65.2 Å². The fourth-order valence-electron chi connectivity index (χ4n) is 4.97. The Morgan fingerprint density at radius 3 is 2.76 bits per heavy atom. The molecule has 2 N–H and O–H groups in total. The first-order valence-electron chi connectivity index (χ1n) is 11.2. The number of anilines is 1. The molecule has 1 aliphatic carbocycles. The van der Waals surface area contributed by atoms with E-state index in [9.17, 15) is 4.79 Å². The van der Waals surface area contributed by atoms with Crippen LogP contribution in [0.25, 0.3) is 0 Å². The molecule has 2 heterocycles. The quantitative estimate of drug-likeness (QED) is 0.797. The third-order valence-electron chi connectivity index (χ3n) is 6.84. The lowest BCUT2D eigenvalue weighted by Gasteiger charge is -2.23. The smallest absolute Gasteiger partial charge is 0.231 e. The van der Waals surface area contributed by atoms with E-state index in [1.165, 1.54) is 43.5 Å². The van der Waals surface area contributed by atoms with Crippen LogP contribution in [-0.4, -0.2) is 38.1 Å². The molecule has 0 unspecified atom stereocenters. The summed E-state index contributed by atoms with van der Waals surface area (Å²) < 4.78 is 0. The summed E-state index contributed by atoms with van der Waals surface area (Å²) in [6.07, 6.45) is 5.31. The Hall–Kier alpha value is -2.17. The summed E-state index contributed by atoms with van der Waals surface area (Å²) in [5, 5.41) is 7.25. The summed E-state index contributed by atoms with van der Waals surface area (Å²) in [7, 11) is 0. The molecule has 0 bridgehead atoms. The molecule has 0 radical (unpaired) electrons. The molecular weight excluding hydrogens is 358 g/mol.